The van der Waals surface area contributed by atoms with E-state index < -0.39 is 88.1 Å². The molecule has 250 valence electrons. The number of ketones is 2. The molecular weight excluding hydrogens is 604 g/mol. The van der Waals surface area contributed by atoms with Crippen molar-refractivity contribution >= 4 is 46.7 Å². The standard InChI is InChI=1S/C31H40N4O11/c1-8-30(2,3)28(42)45-12-46-29(43)33-16-11-17(34(4)5)14-9-13-10-15-21(35(6)7)24(38)20(27(32)41)26(40)31(15,44)25(39)18(13)23(37)19(14)22(16)36/h11,13,15,21,36-37,40,44H,8-10,12H2,1-7H3,(H2,32,41)(H,33,43)/t13-,15-,21-,31-/m0/s1. The van der Waals surface area contributed by atoms with E-state index in [1.165, 1.54) is 25.1 Å². The fourth-order valence-electron chi connectivity index (χ4n) is 6.41. The predicted octanol–water partition coefficient (Wildman–Crippen LogP) is 1.52. The summed E-state index contributed by atoms with van der Waals surface area (Å²) in [5.74, 6) is -8.44. The molecule has 0 aromatic heterocycles. The average Bonchev–Trinajstić information content (AvgIpc) is 2.95. The van der Waals surface area contributed by atoms with E-state index >= 15 is 0 Å². The lowest BCUT2D eigenvalue weighted by Crippen LogP contribution is -2.65. The minimum Gasteiger partial charge on any atom is -0.508 e. The molecule has 0 saturated heterocycles. The highest BCUT2D eigenvalue weighted by Gasteiger charge is 2.64. The van der Waals surface area contributed by atoms with Gasteiger partial charge in [0.15, 0.2) is 17.1 Å². The quantitative estimate of drug-likeness (QED) is 0.102. The number of nitrogens with zero attached hydrogens (tertiary/aromatic N) is 2. The van der Waals surface area contributed by atoms with Crippen LogP contribution in [0.25, 0.3) is 5.76 Å². The summed E-state index contributed by atoms with van der Waals surface area (Å²) in [4.78, 5) is 67.4. The van der Waals surface area contributed by atoms with Crippen LogP contribution in [-0.2, 0) is 35.1 Å². The van der Waals surface area contributed by atoms with Crippen LogP contribution in [0.4, 0.5) is 16.2 Å². The number of esters is 1. The number of aliphatic hydroxyl groups excluding tert-OH is 2. The lowest BCUT2D eigenvalue weighted by atomic mass is 9.57. The van der Waals surface area contributed by atoms with Crippen LogP contribution in [-0.4, -0.2) is 101 Å². The minimum absolute atomic E-state index is 0.0590. The van der Waals surface area contributed by atoms with Gasteiger partial charge >= 0.3 is 12.1 Å². The van der Waals surface area contributed by atoms with Gasteiger partial charge in [-0.15, -0.1) is 0 Å². The summed E-state index contributed by atoms with van der Waals surface area (Å²) in [5.41, 5.74) is 0.964. The Labute approximate surface area is 265 Å². The largest absolute Gasteiger partial charge is 0.508 e. The first kappa shape index (κ1) is 34.2. The summed E-state index contributed by atoms with van der Waals surface area (Å²) in [5, 5.41) is 48.0. The first-order valence-corrected chi connectivity index (χ1v) is 14.6. The maximum atomic E-state index is 14.1. The number of phenolic OH excluding ortho intramolecular Hbond substituents is 1. The van der Waals surface area contributed by atoms with Crippen molar-refractivity contribution in [1.29, 1.82) is 0 Å². The van der Waals surface area contributed by atoms with Crippen LogP contribution >= 0.6 is 0 Å². The van der Waals surface area contributed by atoms with Gasteiger partial charge in [0.25, 0.3) is 5.91 Å². The Morgan fingerprint density at radius 3 is 2.28 bits per heavy atom. The topological polar surface area (TPSA) is 229 Å². The predicted molar refractivity (Wildman–Crippen MR) is 164 cm³/mol. The number of rotatable bonds is 8. The number of nitrogens with one attached hydrogen (secondary N) is 1. The second-order valence-corrected chi connectivity index (χ2v) is 12.8. The highest BCUT2D eigenvalue weighted by molar-refractivity contribution is 6.24. The van der Waals surface area contributed by atoms with E-state index in [0.717, 1.165) is 0 Å². The second kappa shape index (κ2) is 11.9. The zero-order chi connectivity index (χ0) is 34.6. The van der Waals surface area contributed by atoms with Gasteiger partial charge < -0.3 is 40.5 Å². The molecule has 4 rings (SSSR count). The first-order valence-electron chi connectivity index (χ1n) is 14.6. The molecule has 1 saturated carbocycles. The van der Waals surface area contributed by atoms with Crippen LogP contribution in [0.15, 0.2) is 23.0 Å². The van der Waals surface area contributed by atoms with Crippen LogP contribution in [0.2, 0.25) is 0 Å². The van der Waals surface area contributed by atoms with Crippen molar-refractivity contribution in [2.75, 3.05) is 45.2 Å². The number of primary amides is 1. The number of ether oxygens (including phenoxy) is 2. The average molecular weight is 645 g/mol. The summed E-state index contributed by atoms with van der Waals surface area (Å²) in [7, 11) is 6.40. The number of hydrogen-bond acceptors (Lipinski definition) is 13. The zero-order valence-electron chi connectivity index (χ0n) is 26.8. The highest BCUT2D eigenvalue weighted by atomic mass is 16.7. The molecule has 4 atom stereocenters. The third-order valence-electron chi connectivity index (χ3n) is 9.23. The molecule has 0 unspecified atom stereocenters. The number of nitrogens with two attached hydrogens (primary N) is 1. The summed E-state index contributed by atoms with van der Waals surface area (Å²) in [6.07, 6.45) is -0.613. The summed E-state index contributed by atoms with van der Waals surface area (Å²) in [6, 6.07) is 0.227. The lowest BCUT2D eigenvalue weighted by Gasteiger charge is -2.50. The van der Waals surface area contributed by atoms with Gasteiger partial charge in [-0.2, -0.15) is 0 Å². The Bertz CT molecular complexity index is 1590. The Morgan fingerprint density at radius 1 is 1.11 bits per heavy atom. The Balaban J connectivity index is 1.77. The summed E-state index contributed by atoms with van der Waals surface area (Å²) >= 11 is 0. The number of phenols is 1. The number of carbonyl (C=O) groups excluding carboxylic acids is 5. The molecule has 0 bridgehead atoms. The molecule has 15 heteroatoms. The van der Waals surface area contributed by atoms with Crippen molar-refractivity contribution in [2.45, 2.75) is 51.7 Å². The molecule has 1 aromatic rings. The highest BCUT2D eigenvalue weighted by Crippen LogP contribution is 2.54. The molecule has 1 aromatic carbocycles. The lowest BCUT2D eigenvalue weighted by molar-refractivity contribution is -0.162. The third kappa shape index (κ3) is 5.32. The number of anilines is 2. The molecule has 0 radical (unpaired) electrons. The number of aromatic hydroxyl groups is 1. The zero-order valence-corrected chi connectivity index (χ0v) is 26.8. The molecule has 0 aliphatic heterocycles. The Kier molecular flexibility index (Phi) is 8.89. The number of aliphatic hydroxyl groups is 3. The van der Waals surface area contributed by atoms with Crippen LogP contribution in [0.3, 0.4) is 0 Å². The first-order chi connectivity index (χ1) is 21.3. The van der Waals surface area contributed by atoms with E-state index in [2.05, 4.69) is 5.32 Å². The summed E-state index contributed by atoms with van der Waals surface area (Å²) < 4.78 is 9.97. The van der Waals surface area contributed by atoms with Gasteiger partial charge in [-0.1, -0.05) is 6.92 Å². The van der Waals surface area contributed by atoms with Gasteiger partial charge in [0, 0.05) is 31.3 Å². The summed E-state index contributed by atoms with van der Waals surface area (Å²) in [6.45, 7) is 4.45. The van der Waals surface area contributed by atoms with Crippen LogP contribution in [0, 0.1) is 17.3 Å². The van der Waals surface area contributed by atoms with Crippen molar-refractivity contribution < 1.29 is 53.9 Å². The van der Waals surface area contributed by atoms with Crippen molar-refractivity contribution in [2.24, 2.45) is 23.0 Å². The maximum Gasteiger partial charge on any atom is 0.414 e. The van der Waals surface area contributed by atoms with Gasteiger partial charge in [0.05, 0.1) is 22.7 Å². The van der Waals surface area contributed by atoms with Crippen molar-refractivity contribution in [3.63, 3.8) is 0 Å². The SMILES string of the molecule is CCC(C)(C)C(=O)OCOC(=O)Nc1cc(N(C)C)c2c(c1O)C(O)=C1C(=O)[C@]3(O)C(O)=C(C(N)=O)C(=O)[C@@H](N(C)C)[C@@H]3C[C@@H]1C2. The van der Waals surface area contributed by atoms with E-state index in [1.54, 1.807) is 39.8 Å². The monoisotopic (exact) mass is 644 g/mol. The van der Waals surface area contributed by atoms with Crippen LogP contribution in [0.1, 0.15) is 44.7 Å². The smallest absolute Gasteiger partial charge is 0.414 e. The van der Waals surface area contributed by atoms with Crippen molar-refractivity contribution in [3.05, 3.63) is 34.1 Å². The van der Waals surface area contributed by atoms with Gasteiger partial charge in [-0.25, -0.2) is 4.79 Å². The minimum atomic E-state index is -2.78. The fraction of sp³-hybridized carbons (Fsp3) is 0.516. The van der Waals surface area contributed by atoms with Gasteiger partial charge in [-0.3, -0.25) is 29.4 Å². The molecule has 0 heterocycles. The Morgan fingerprint density at radius 2 is 1.74 bits per heavy atom. The molecule has 7 N–H and O–H groups in total. The molecule has 15 nitrogen and oxygen atoms in total. The number of likely N-dealkylation sites (N-methyl/N-ethyl adjacent to an activating group) is 1. The molecule has 1 fully saturated rings. The second-order valence-electron chi connectivity index (χ2n) is 12.8. The molecule has 3 aliphatic rings. The third-order valence-corrected chi connectivity index (χ3v) is 9.23. The molecule has 2 amide bonds. The van der Waals surface area contributed by atoms with E-state index in [-0.39, 0.29) is 29.7 Å². The van der Waals surface area contributed by atoms with Gasteiger partial charge in [-0.05, 0) is 64.8 Å². The number of amides is 2. The normalized spacial score (nSPS) is 24.2. The van der Waals surface area contributed by atoms with Crippen LogP contribution < -0.4 is 16.0 Å². The number of Topliss-reactive ketones (excluding diaryl/α,β-unsaturated/α-hetero) is 2. The maximum absolute atomic E-state index is 14.1. The van der Waals surface area contributed by atoms with Crippen molar-refractivity contribution in [3.8, 4) is 5.75 Å². The number of hydrogen-bond donors (Lipinski definition) is 6. The van der Waals surface area contributed by atoms with Gasteiger partial charge in [0.2, 0.25) is 12.6 Å². The number of benzene rings is 1. The van der Waals surface area contributed by atoms with Gasteiger partial charge in [0.1, 0.15) is 17.1 Å². The van der Waals surface area contributed by atoms with Crippen molar-refractivity contribution in [1.82, 2.24) is 4.90 Å². The van der Waals surface area contributed by atoms with E-state index in [9.17, 15) is 44.4 Å². The van der Waals surface area contributed by atoms with Crippen LogP contribution in [0.5, 0.6) is 5.75 Å². The molecule has 0 spiro atoms. The molecular formula is C31H40N4O11. The molecule has 46 heavy (non-hydrogen) atoms. The van der Waals surface area contributed by atoms with E-state index in [0.29, 0.717) is 17.7 Å². The van der Waals surface area contributed by atoms with E-state index in [4.69, 9.17) is 15.2 Å². The Hall–Kier alpha value is -4.63. The molecule has 3 aliphatic carbocycles. The number of carbonyl (C=O) groups is 5. The number of fused-ring (bicyclic) bond motifs is 3. The fourth-order valence-corrected chi connectivity index (χ4v) is 6.41. The van der Waals surface area contributed by atoms with E-state index in [1.807, 2.05) is 0 Å².